The van der Waals surface area contributed by atoms with Crippen molar-refractivity contribution in [2.45, 2.75) is 24.3 Å². The molecule has 3 rings (SSSR count). The summed E-state index contributed by atoms with van der Waals surface area (Å²) in [6.45, 7) is 1.80. The highest BCUT2D eigenvalue weighted by Crippen LogP contribution is 2.18. The Labute approximate surface area is 151 Å². The zero-order chi connectivity index (χ0) is 17.5. The number of carbonyl (C=O) groups is 1. The molecule has 1 fully saturated rings. The van der Waals surface area contributed by atoms with Gasteiger partial charge in [-0.25, -0.2) is 0 Å². The second-order valence-corrected chi connectivity index (χ2v) is 7.89. The lowest BCUT2D eigenvalue weighted by molar-refractivity contribution is -0.120. The molecule has 0 spiro atoms. The third-order valence-corrected chi connectivity index (χ3v) is 5.71. The van der Waals surface area contributed by atoms with E-state index in [1.165, 1.54) is 0 Å². The molecule has 1 heterocycles. The Morgan fingerprint density at radius 2 is 1.68 bits per heavy atom. The van der Waals surface area contributed by atoms with Gasteiger partial charge < -0.3 is 10.6 Å². The molecule has 4 nitrogen and oxygen atoms in total. The van der Waals surface area contributed by atoms with Crippen LogP contribution in [-0.2, 0) is 27.1 Å². The van der Waals surface area contributed by atoms with Crippen molar-refractivity contribution < 1.29 is 9.00 Å². The van der Waals surface area contributed by atoms with E-state index in [0.717, 1.165) is 42.7 Å². The van der Waals surface area contributed by atoms with Gasteiger partial charge in [-0.05, 0) is 49.2 Å². The van der Waals surface area contributed by atoms with Crippen LogP contribution in [0.25, 0.3) is 0 Å². The molecule has 132 valence electrons. The van der Waals surface area contributed by atoms with Crippen molar-refractivity contribution >= 4 is 22.4 Å². The molecule has 2 aromatic carbocycles. The van der Waals surface area contributed by atoms with E-state index in [0.29, 0.717) is 11.5 Å². The smallest absolute Gasteiger partial charge is 0.227 e. The number of piperidine rings is 1. The van der Waals surface area contributed by atoms with E-state index in [2.05, 4.69) is 10.6 Å². The van der Waals surface area contributed by atoms with Crippen LogP contribution in [0.2, 0.25) is 0 Å². The summed E-state index contributed by atoms with van der Waals surface area (Å²) in [6, 6.07) is 17.6. The molecular formula is C20H24N2O2S. The zero-order valence-corrected chi connectivity index (χ0v) is 15.1. The van der Waals surface area contributed by atoms with Crippen molar-refractivity contribution in [3.05, 3.63) is 65.7 Å². The molecule has 0 aromatic heterocycles. The topological polar surface area (TPSA) is 58.2 Å². The first-order valence-corrected chi connectivity index (χ1v) is 10.2. The Morgan fingerprint density at radius 3 is 2.44 bits per heavy atom. The summed E-state index contributed by atoms with van der Waals surface area (Å²) in [5, 5.41) is 6.28. The molecule has 2 N–H and O–H groups in total. The summed E-state index contributed by atoms with van der Waals surface area (Å²) < 4.78 is 12.4. The van der Waals surface area contributed by atoms with E-state index in [9.17, 15) is 9.00 Å². The van der Waals surface area contributed by atoms with Gasteiger partial charge in [0.1, 0.15) is 0 Å². The fourth-order valence-corrected chi connectivity index (χ4v) is 4.28. The molecule has 1 aliphatic rings. The number of hydrogen-bond acceptors (Lipinski definition) is 3. The minimum Gasteiger partial charge on any atom is -0.326 e. The largest absolute Gasteiger partial charge is 0.326 e. The SMILES string of the molecule is O=C(Nc1cccc(CS(=O)Cc2ccccc2)c1)C1CCNCC1. The minimum atomic E-state index is -0.968. The summed E-state index contributed by atoms with van der Waals surface area (Å²) in [6.07, 6.45) is 1.76. The first-order valence-electron chi connectivity index (χ1n) is 8.70. The monoisotopic (exact) mass is 356 g/mol. The van der Waals surface area contributed by atoms with Crippen molar-refractivity contribution in [3.63, 3.8) is 0 Å². The van der Waals surface area contributed by atoms with Crippen LogP contribution in [0.15, 0.2) is 54.6 Å². The second kappa shape index (κ2) is 8.92. The van der Waals surface area contributed by atoms with Crippen molar-refractivity contribution in [2.75, 3.05) is 18.4 Å². The molecule has 1 saturated heterocycles. The van der Waals surface area contributed by atoms with Crippen LogP contribution >= 0.6 is 0 Å². The molecule has 0 aliphatic carbocycles. The van der Waals surface area contributed by atoms with Crippen LogP contribution in [-0.4, -0.2) is 23.2 Å². The van der Waals surface area contributed by atoms with Crippen LogP contribution < -0.4 is 10.6 Å². The molecular weight excluding hydrogens is 332 g/mol. The third kappa shape index (κ3) is 5.51. The van der Waals surface area contributed by atoms with Crippen LogP contribution in [0.4, 0.5) is 5.69 Å². The fraction of sp³-hybridized carbons (Fsp3) is 0.350. The normalized spacial score (nSPS) is 16.3. The van der Waals surface area contributed by atoms with Crippen LogP contribution in [0.5, 0.6) is 0 Å². The van der Waals surface area contributed by atoms with Gasteiger partial charge >= 0.3 is 0 Å². The summed E-state index contributed by atoms with van der Waals surface area (Å²) >= 11 is 0. The van der Waals surface area contributed by atoms with E-state index in [1.54, 1.807) is 0 Å². The summed E-state index contributed by atoms with van der Waals surface area (Å²) in [4.78, 5) is 12.3. The van der Waals surface area contributed by atoms with Crippen molar-refractivity contribution in [2.24, 2.45) is 5.92 Å². The minimum absolute atomic E-state index is 0.0807. The highest BCUT2D eigenvalue weighted by molar-refractivity contribution is 7.83. The average Bonchev–Trinajstić information content (AvgIpc) is 2.63. The van der Waals surface area contributed by atoms with E-state index in [4.69, 9.17) is 0 Å². The van der Waals surface area contributed by atoms with Gasteiger partial charge in [0.2, 0.25) is 5.91 Å². The predicted octanol–water partition coefficient (Wildman–Crippen LogP) is 3.07. The van der Waals surface area contributed by atoms with Gasteiger partial charge in [0.05, 0.1) is 0 Å². The van der Waals surface area contributed by atoms with E-state index >= 15 is 0 Å². The third-order valence-electron chi connectivity index (χ3n) is 4.40. The average molecular weight is 356 g/mol. The molecule has 25 heavy (non-hydrogen) atoms. The van der Waals surface area contributed by atoms with Gasteiger partial charge in [-0.15, -0.1) is 0 Å². The zero-order valence-electron chi connectivity index (χ0n) is 14.2. The molecule has 0 saturated carbocycles. The van der Waals surface area contributed by atoms with Gasteiger partial charge in [-0.3, -0.25) is 9.00 Å². The highest BCUT2D eigenvalue weighted by atomic mass is 32.2. The number of rotatable bonds is 6. The predicted molar refractivity (Wildman–Crippen MR) is 103 cm³/mol. The number of hydrogen-bond donors (Lipinski definition) is 2. The quantitative estimate of drug-likeness (QED) is 0.836. The summed E-state index contributed by atoms with van der Waals surface area (Å²) in [5.41, 5.74) is 2.85. The fourth-order valence-electron chi connectivity index (χ4n) is 3.06. The van der Waals surface area contributed by atoms with Crippen LogP contribution in [0, 0.1) is 5.92 Å². The van der Waals surface area contributed by atoms with E-state index < -0.39 is 10.8 Å². The molecule has 1 atom stereocenters. The number of benzene rings is 2. The summed E-state index contributed by atoms with van der Waals surface area (Å²) in [5.74, 6) is 1.21. The first kappa shape index (κ1) is 17.8. The highest BCUT2D eigenvalue weighted by Gasteiger charge is 2.20. The second-order valence-electron chi connectivity index (χ2n) is 6.43. The molecule has 0 radical (unpaired) electrons. The molecule has 1 unspecified atom stereocenters. The summed E-state index contributed by atoms with van der Waals surface area (Å²) in [7, 11) is -0.968. The lowest BCUT2D eigenvalue weighted by atomic mass is 9.97. The maximum atomic E-state index is 12.4. The van der Waals surface area contributed by atoms with Crippen LogP contribution in [0.1, 0.15) is 24.0 Å². The Balaban J connectivity index is 1.57. The van der Waals surface area contributed by atoms with Gasteiger partial charge in [-0.2, -0.15) is 0 Å². The Bertz CT molecular complexity index is 727. The van der Waals surface area contributed by atoms with Gasteiger partial charge in [0.15, 0.2) is 0 Å². The van der Waals surface area contributed by atoms with Crippen molar-refractivity contribution in [1.82, 2.24) is 5.32 Å². The Morgan fingerprint density at radius 1 is 1.00 bits per heavy atom. The van der Waals surface area contributed by atoms with Gasteiger partial charge in [-0.1, -0.05) is 42.5 Å². The number of amides is 1. The Hall–Kier alpha value is -1.98. The van der Waals surface area contributed by atoms with Gasteiger partial charge in [0, 0.05) is 33.9 Å². The molecule has 5 heteroatoms. The maximum Gasteiger partial charge on any atom is 0.227 e. The molecule has 0 bridgehead atoms. The number of carbonyl (C=O) groups excluding carboxylic acids is 1. The lowest BCUT2D eigenvalue weighted by Gasteiger charge is -2.21. The number of nitrogens with one attached hydrogen (secondary N) is 2. The molecule has 1 amide bonds. The Kier molecular flexibility index (Phi) is 6.36. The van der Waals surface area contributed by atoms with Gasteiger partial charge in [0.25, 0.3) is 0 Å². The lowest BCUT2D eigenvalue weighted by Crippen LogP contribution is -2.34. The van der Waals surface area contributed by atoms with E-state index in [-0.39, 0.29) is 11.8 Å². The molecule has 1 aliphatic heterocycles. The molecule has 2 aromatic rings. The van der Waals surface area contributed by atoms with Crippen molar-refractivity contribution in [1.29, 1.82) is 0 Å². The first-order chi connectivity index (χ1) is 12.2. The van der Waals surface area contributed by atoms with E-state index in [1.807, 2.05) is 54.6 Å². The van der Waals surface area contributed by atoms with Crippen LogP contribution in [0.3, 0.4) is 0 Å². The standard InChI is InChI=1S/C20H24N2O2S/c23-20(18-9-11-21-12-10-18)22-19-8-4-7-17(13-19)15-25(24)14-16-5-2-1-3-6-16/h1-8,13,18,21H,9-12,14-15H2,(H,22,23). The maximum absolute atomic E-state index is 12.4. The van der Waals surface area contributed by atoms with Crippen molar-refractivity contribution in [3.8, 4) is 0 Å². The number of anilines is 1.